The molecule has 21 heavy (non-hydrogen) atoms. The number of rotatable bonds is 3. The summed E-state index contributed by atoms with van der Waals surface area (Å²) in [6, 6.07) is 12.0. The highest BCUT2D eigenvalue weighted by molar-refractivity contribution is 7.13. The van der Waals surface area contributed by atoms with Gasteiger partial charge < -0.3 is 5.32 Å². The Morgan fingerprint density at radius 1 is 1.29 bits per heavy atom. The van der Waals surface area contributed by atoms with Crippen LogP contribution in [-0.4, -0.2) is 16.4 Å². The van der Waals surface area contributed by atoms with Gasteiger partial charge in [0.1, 0.15) is 16.2 Å². The van der Waals surface area contributed by atoms with Crippen molar-refractivity contribution in [3.63, 3.8) is 0 Å². The number of hydrogen-bond donors (Lipinski definition) is 1. The molecule has 1 aliphatic carbocycles. The summed E-state index contributed by atoms with van der Waals surface area (Å²) < 4.78 is 0. The summed E-state index contributed by atoms with van der Waals surface area (Å²) in [6.07, 6.45) is 3.43. The molecule has 5 heteroatoms. The van der Waals surface area contributed by atoms with Crippen molar-refractivity contribution in [3.8, 4) is 16.6 Å². The van der Waals surface area contributed by atoms with E-state index in [2.05, 4.69) is 16.4 Å². The average Bonchev–Trinajstić information content (AvgIpc) is 3.18. The first kappa shape index (κ1) is 13.8. The normalized spacial score (nSPS) is 16.3. The van der Waals surface area contributed by atoms with Gasteiger partial charge in [-0.15, -0.1) is 11.3 Å². The Labute approximate surface area is 127 Å². The van der Waals surface area contributed by atoms with Crippen LogP contribution in [0.1, 0.15) is 36.2 Å². The monoisotopic (exact) mass is 297 g/mol. The van der Waals surface area contributed by atoms with Crippen LogP contribution in [0.15, 0.2) is 35.7 Å². The van der Waals surface area contributed by atoms with Gasteiger partial charge in [0, 0.05) is 10.9 Å². The number of hydrogen-bond acceptors (Lipinski definition) is 4. The van der Waals surface area contributed by atoms with Crippen LogP contribution in [0.25, 0.3) is 10.6 Å². The van der Waals surface area contributed by atoms with E-state index < -0.39 is 5.54 Å². The van der Waals surface area contributed by atoms with Crippen molar-refractivity contribution in [1.82, 2.24) is 10.3 Å². The molecular formula is C16H15N3OS. The molecule has 106 valence electrons. The van der Waals surface area contributed by atoms with Gasteiger partial charge in [0.15, 0.2) is 0 Å². The predicted molar refractivity (Wildman–Crippen MR) is 81.8 cm³/mol. The summed E-state index contributed by atoms with van der Waals surface area (Å²) >= 11 is 1.44. The van der Waals surface area contributed by atoms with Crippen LogP contribution >= 0.6 is 11.3 Å². The number of amides is 1. The Bertz CT molecular complexity index is 681. The van der Waals surface area contributed by atoms with Gasteiger partial charge in [-0.25, -0.2) is 4.98 Å². The second-order valence-corrected chi connectivity index (χ2v) is 6.12. The molecule has 1 saturated carbocycles. The van der Waals surface area contributed by atoms with Crippen molar-refractivity contribution < 1.29 is 4.79 Å². The minimum Gasteiger partial charge on any atom is -0.332 e. The summed E-state index contributed by atoms with van der Waals surface area (Å²) in [5.41, 5.74) is 0.686. The number of carbonyl (C=O) groups is 1. The van der Waals surface area contributed by atoms with Crippen molar-refractivity contribution in [3.05, 3.63) is 41.4 Å². The highest BCUT2D eigenvalue weighted by Gasteiger charge is 2.36. The van der Waals surface area contributed by atoms with Crippen molar-refractivity contribution in [2.45, 2.75) is 31.2 Å². The zero-order chi connectivity index (χ0) is 14.7. The summed E-state index contributed by atoms with van der Waals surface area (Å²) in [5, 5.41) is 14.7. The zero-order valence-electron chi connectivity index (χ0n) is 11.5. The smallest absolute Gasteiger partial charge is 0.272 e. The van der Waals surface area contributed by atoms with Gasteiger partial charge in [0.25, 0.3) is 5.91 Å². The molecular weight excluding hydrogens is 282 g/mol. The third-order valence-corrected chi connectivity index (χ3v) is 4.67. The number of nitriles is 1. The maximum absolute atomic E-state index is 12.3. The fourth-order valence-corrected chi connectivity index (χ4v) is 3.42. The molecule has 1 aromatic carbocycles. The fraction of sp³-hybridized carbons (Fsp3) is 0.312. The van der Waals surface area contributed by atoms with E-state index >= 15 is 0 Å². The van der Waals surface area contributed by atoms with Gasteiger partial charge in [-0.1, -0.05) is 30.3 Å². The maximum Gasteiger partial charge on any atom is 0.272 e. The summed E-state index contributed by atoms with van der Waals surface area (Å²) in [4.78, 5) is 16.7. The zero-order valence-corrected chi connectivity index (χ0v) is 12.3. The minimum absolute atomic E-state index is 0.253. The molecule has 1 aromatic heterocycles. The van der Waals surface area contributed by atoms with Gasteiger partial charge in [-0.05, 0) is 25.7 Å². The third kappa shape index (κ3) is 2.81. The first-order valence-corrected chi connectivity index (χ1v) is 7.85. The molecule has 0 aliphatic heterocycles. The number of benzene rings is 1. The topological polar surface area (TPSA) is 65.8 Å². The molecule has 1 amide bonds. The standard InChI is InChI=1S/C16H15N3OS/c17-11-16(8-4-5-9-16)19-14(20)13-10-21-15(18-13)12-6-2-1-3-7-12/h1-3,6-7,10H,4-5,8-9H2,(H,19,20). The SMILES string of the molecule is N#CC1(NC(=O)c2csc(-c3ccccc3)n2)CCCC1. The Morgan fingerprint density at radius 2 is 2.00 bits per heavy atom. The number of nitrogens with zero attached hydrogens (tertiary/aromatic N) is 2. The van der Waals surface area contributed by atoms with E-state index in [1.165, 1.54) is 11.3 Å². The van der Waals surface area contributed by atoms with Crippen molar-refractivity contribution in [2.75, 3.05) is 0 Å². The van der Waals surface area contributed by atoms with Crippen molar-refractivity contribution in [1.29, 1.82) is 5.26 Å². The second-order valence-electron chi connectivity index (χ2n) is 5.26. The molecule has 0 bridgehead atoms. The molecule has 3 rings (SSSR count). The lowest BCUT2D eigenvalue weighted by molar-refractivity contribution is 0.0916. The lowest BCUT2D eigenvalue weighted by atomic mass is 10.00. The largest absolute Gasteiger partial charge is 0.332 e. The van der Waals surface area contributed by atoms with E-state index in [1.807, 2.05) is 30.3 Å². The predicted octanol–water partition coefficient (Wildman–Crippen LogP) is 3.38. The van der Waals surface area contributed by atoms with Crippen LogP contribution in [0.3, 0.4) is 0 Å². The molecule has 4 nitrogen and oxygen atoms in total. The molecule has 1 heterocycles. The molecule has 1 aliphatic rings. The Balaban J connectivity index is 1.77. The highest BCUT2D eigenvalue weighted by atomic mass is 32.1. The third-order valence-electron chi connectivity index (χ3n) is 3.78. The molecule has 0 saturated heterocycles. The molecule has 1 N–H and O–H groups in total. The van der Waals surface area contributed by atoms with Crippen LogP contribution in [0.4, 0.5) is 0 Å². The second kappa shape index (κ2) is 5.66. The average molecular weight is 297 g/mol. The van der Waals surface area contributed by atoms with E-state index in [1.54, 1.807) is 5.38 Å². The molecule has 0 unspecified atom stereocenters. The molecule has 0 spiro atoms. The Kier molecular flexibility index (Phi) is 3.72. The maximum atomic E-state index is 12.3. The molecule has 1 fully saturated rings. The Morgan fingerprint density at radius 3 is 2.67 bits per heavy atom. The van der Waals surface area contributed by atoms with E-state index in [4.69, 9.17) is 0 Å². The first-order valence-electron chi connectivity index (χ1n) is 6.97. The summed E-state index contributed by atoms with van der Waals surface area (Å²) in [7, 11) is 0. The van der Waals surface area contributed by atoms with E-state index in [0.29, 0.717) is 5.69 Å². The van der Waals surface area contributed by atoms with Gasteiger partial charge in [-0.2, -0.15) is 5.26 Å². The quantitative estimate of drug-likeness (QED) is 0.944. The van der Waals surface area contributed by atoms with Crippen LogP contribution in [0.5, 0.6) is 0 Å². The Hall–Kier alpha value is -2.19. The van der Waals surface area contributed by atoms with Gasteiger partial charge in [0.2, 0.25) is 0 Å². The lowest BCUT2D eigenvalue weighted by Crippen LogP contribution is -2.45. The summed E-state index contributed by atoms with van der Waals surface area (Å²) in [6.45, 7) is 0. The van der Waals surface area contributed by atoms with Crippen LogP contribution in [0.2, 0.25) is 0 Å². The summed E-state index contributed by atoms with van der Waals surface area (Å²) in [5.74, 6) is -0.253. The number of thiazole rings is 1. The number of aromatic nitrogens is 1. The van der Waals surface area contributed by atoms with E-state index in [-0.39, 0.29) is 5.91 Å². The first-order chi connectivity index (χ1) is 10.2. The van der Waals surface area contributed by atoms with Gasteiger partial charge >= 0.3 is 0 Å². The van der Waals surface area contributed by atoms with Crippen molar-refractivity contribution >= 4 is 17.2 Å². The van der Waals surface area contributed by atoms with E-state index in [9.17, 15) is 10.1 Å². The van der Waals surface area contributed by atoms with Crippen molar-refractivity contribution in [2.24, 2.45) is 0 Å². The van der Waals surface area contributed by atoms with Gasteiger partial charge in [-0.3, -0.25) is 4.79 Å². The van der Waals surface area contributed by atoms with Crippen LogP contribution in [0, 0.1) is 11.3 Å². The number of carbonyl (C=O) groups excluding carboxylic acids is 1. The van der Waals surface area contributed by atoms with Crippen LogP contribution in [-0.2, 0) is 0 Å². The minimum atomic E-state index is -0.701. The molecule has 0 atom stereocenters. The lowest BCUT2D eigenvalue weighted by Gasteiger charge is -2.21. The van der Waals surface area contributed by atoms with Gasteiger partial charge in [0.05, 0.1) is 6.07 Å². The fourth-order valence-electron chi connectivity index (χ4n) is 2.62. The molecule has 2 aromatic rings. The highest BCUT2D eigenvalue weighted by Crippen LogP contribution is 2.30. The molecule has 0 radical (unpaired) electrons. The van der Waals surface area contributed by atoms with E-state index in [0.717, 1.165) is 36.3 Å². The van der Waals surface area contributed by atoms with Crippen LogP contribution < -0.4 is 5.32 Å². The number of nitrogens with one attached hydrogen (secondary N) is 1.